The van der Waals surface area contributed by atoms with Crippen LogP contribution in [0.1, 0.15) is 10.4 Å². The first-order valence-electron chi connectivity index (χ1n) is 6.57. The molecule has 0 unspecified atom stereocenters. The smallest absolute Gasteiger partial charge is 0.422 e. The molecule has 25 heavy (non-hydrogen) atoms. The first-order valence-corrected chi connectivity index (χ1v) is 8.55. The molecule has 0 fully saturated rings. The molecule has 1 amide bonds. The van der Waals surface area contributed by atoms with Crippen molar-refractivity contribution in [3.63, 3.8) is 0 Å². The van der Waals surface area contributed by atoms with Crippen molar-refractivity contribution >= 4 is 46.6 Å². The Bertz CT molecular complexity index is 770. The monoisotopic (exact) mass is 411 g/mol. The van der Waals surface area contributed by atoms with E-state index in [1.807, 2.05) is 0 Å². The van der Waals surface area contributed by atoms with Crippen molar-refractivity contribution in [2.24, 2.45) is 0 Å². The zero-order valence-electron chi connectivity index (χ0n) is 12.5. The Kier molecular flexibility index (Phi) is 6.36. The quantitative estimate of drug-likeness (QED) is 0.570. The SMILES string of the molecule is CSc1ncc(C(=O)Nc2c(Cl)cccc2Cl)c(OCC(F)(F)F)n1. The number of rotatable bonds is 5. The van der Waals surface area contributed by atoms with Crippen molar-refractivity contribution in [3.05, 3.63) is 40.0 Å². The highest BCUT2D eigenvalue weighted by Crippen LogP contribution is 2.31. The predicted octanol–water partition coefficient (Wildman–Crippen LogP) is 4.70. The summed E-state index contributed by atoms with van der Waals surface area (Å²) in [6.07, 6.45) is -1.87. The number of aromatic nitrogens is 2. The van der Waals surface area contributed by atoms with Crippen LogP contribution in [0, 0.1) is 0 Å². The minimum Gasteiger partial charge on any atom is -0.467 e. The van der Waals surface area contributed by atoms with Crippen molar-refractivity contribution in [2.45, 2.75) is 11.3 Å². The molecular weight excluding hydrogens is 402 g/mol. The summed E-state index contributed by atoms with van der Waals surface area (Å²) in [6, 6.07) is 4.57. The Morgan fingerprint density at radius 2 is 1.96 bits per heavy atom. The van der Waals surface area contributed by atoms with Crippen LogP contribution in [-0.4, -0.2) is 34.9 Å². The predicted molar refractivity (Wildman–Crippen MR) is 89.8 cm³/mol. The number of thioether (sulfide) groups is 1. The lowest BCUT2D eigenvalue weighted by Crippen LogP contribution is -2.22. The highest BCUT2D eigenvalue weighted by atomic mass is 35.5. The summed E-state index contributed by atoms with van der Waals surface area (Å²) >= 11 is 13.0. The summed E-state index contributed by atoms with van der Waals surface area (Å²) < 4.78 is 41.8. The van der Waals surface area contributed by atoms with Gasteiger partial charge in [0.15, 0.2) is 11.8 Å². The first-order chi connectivity index (χ1) is 11.7. The number of ether oxygens (including phenoxy) is 1. The number of anilines is 1. The molecule has 1 aromatic carbocycles. The molecular formula is C14H10Cl2F3N3O2S. The zero-order valence-corrected chi connectivity index (χ0v) is 14.9. The summed E-state index contributed by atoms with van der Waals surface area (Å²) in [7, 11) is 0. The third-order valence-electron chi connectivity index (χ3n) is 2.73. The minimum atomic E-state index is -4.58. The molecule has 0 atom stereocenters. The van der Waals surface area contributed by atoms with Crippen LogP contribution in [0.5, 0.6) is 5.88 Å². The van der Waals surface area contributed by atoms with E-state index >= 15 is 0 Å². The Hall–Kier alpha value is -1.71. The van der Waals surface area contributed by atoms with Gasteiger partial charge in [-0.15, -0.1) is 0 Å². The fourth-order valence-corrected chi connectivity index (χ4v) is 2.49. The molecule has 0 saturated heterocycles. The molecule has 0 bridgehead atoms. The van der Waals surface area contributed by atoms with Crippen LogP contribution >= 0.6 is 35.0 Å². The Morgan fingerprint density at radius 1 is 1.32 bits per heavy atom. The van der Waals surface area contributed by atoms with Crippen molar-refractivity contribution in [3.8, 4) is 5.88 Å². The number of para-hydroxylation sites is 1. The van der Waals surface area contributed by atoms with Gasteiger partial charge >= 0.3 is 6.18 Å². The molecule has 1 aromatic heterocycles. The van der Waals surface area contributed by atoms with Gasteiger partial charge in [-0.25, -0.2) is 4.98 Å². The largest absolute Gasteiger partial charge is 0.467 e. The standard InChI is InChI=1S/C14H10Cl2F3N3O2S/c1-25-13-20-5-7(12(22-13)24-6-14(17,18)19)11(23)21-10-8(15)3-2-4-9(10)16/h2-5H,6H2,1H3,(H,21,23). The second-order valence-electron chi connectivity index (χ2n) is 4.53. The molecule has 1 heterocycles. The Morgan fingerprint density at radius 3 is 2.52 bits per heavy atom. The normalized spacial score (nSPS) is 11.3. The van der Waals surface area contributed by atoms with E-state index in [0.29, 0.717) is 0 Å². The lowest BCUT2D eigenvalue weighted by atomic mass is 10.2. The van der Waals surface area contributed by atoms with E-state index in [-0.39, 0.29) is 26.5 Å². The second kappa shape index (κ2) is 8.11. The van der Waals surface area contributed by atoms with E-state index in [1.54, 1.807) is 12.3 Å². The maximum atomic E-state index is 12.4. The highest BCUT2D eigenvalue weighted by molar-refractivity contribution is 7.98. The van der Waals surface area contributed by atoms with Crippen LogP contribution in [0.2, 0.25) is 10.0 Å². The molecule has 134 valence electrons. The Balaban J connectivity index is 2.31. The lowest BCUT2D eigenvalue weighted by Gasteiger charge is -2.13. The van der Waals surface area contributed by atoms with Gasteiger partial charge in [0, 0.05) is 6.20 Å². The van der Waals surface area contributed by atoms with Gasteiger partial charge < -0.3 is 10.1 Å². The molecule has 5 nitrogen and oxygen atoms in total. The molecule has 0 radical (unpaired) electrons. The van der Waals surface area contributed by atoms with E-state index in [0.717, 1.165) is 18.0 Å². The third kappa shape index (κ3) is 5.38. The molecule has 2 aromatic rings. The number of nitrogens with one attached hydrogen (secondary N) is 1. The molecule has 0 aliphatic carbocycles. The van der Waals surface area contributed by atoms with E-state index < -0.39 is 24.6 Å². The number of amides is 1. The van der Waals surface area contributed by atoms with Gasteiger partial charge in [0.2, 0.25) is 5.88 Å². The summed E-state index contributed by atoms with van der Waals surface area (Å²) in [5.41, 5.74) is -0.162. The van der Waals surface area contributed by atoms with Crippen molar-refractivity contribution in [1.82, 2.24) is 9.97 Å². The average Bonchev–Trinajstić information content (AvgIpc) is 2.55. The summed E-state index contributed by atoms with van der Waals surface area (Å²) in [6.45, 7) is -1.59. The van der Waals surface area contributed by atoms with Gasteiger partial charge in [0.25, 0.3) is 5.91 Å². The lowest BCUT2D eigenvalue weighted by molar-refractivity contribution is -0.154. The number of hydrogen-bond acceptors (Lipinski definition) is 5. The summed E-state index contributed by atoms with van der Waals surface area (Å²) in [4.78, 5) is 20.1. The van der Waals surface area contributed by atoms with Crippen molar-refractivity contribution in [1.29, 1.82) is 0 Å². The van der Waals surface area contributed by atoms with Crippen LogP contribution < -0.4 is 10.1 Å². The summed E-state index contributed by atoms with van der Waals surface area (Å²) in [5, 5.41) is 2.91. The molecule has 0 spiro atoms. The van der Waals surface area contributed by atoms with E-state index in [9.17, 15) is 18.0 Å². The zero-order chi connectivity index (χ0) is 18.6. The van der Waals surface area contributed by atoms with Crippen LogP contribution in [0.25, 0.3) is 0 Å². The maximum Gasteiger partial charge on any atom is 0.422 e. The molecule has 11 heteroatoms. The fraction of sp³-hybridized carbons (Fsp3) is 0.214. The molecule has 0 aliphatic heterocycles. The molecule has 0 saturated carbocycles. The van der Waals surface area contributed by atoms with Crippen molar-refractivity contribution in [2.75, 3.05) is 18.2 Å². The number of nitrogens with zero attached hydrogens (tertiary/aromatic N) is 2. The van der Waals surface area contributed by atoms with Gasteiger partial charge in [-0.2, -0.15) is 18.2 Å². The highest BCUT2D eigenvalue weighted by Gasteiger charge is 2.30. The molecule has 1 N–H and O–H groups in total. The van der Waals surface area contributed by atoms with E-state index in [1.165, 1.54) is 12.1 Å². The number of carbonyl (C=O) groups is 1. The number of carbonyl (C=O) groups excluding carboxylic acids is 1. The molecule has 2 rings (SSSR count). The van der Waals surface area contributed by atoms with Crippen LogP contribution in [0.4, 0.5) is 18.9 Å². The van der Waals surface area contributed by atoms with Gasteiger partial charge in [0.1, 0.15) is 5.56 Å². The summed E-state index contributed by atoms with van der Waals surface area (Å²) in [5.74, 6) is -1.29. The topological polar surface area (TPSA) is 64.1 Å². The van der Waals surface area contributed by atoms with Gasteiger partial charge in [0.05, 0.1) is 15.7 Å². The van der Waals surface area contributed by atoms with Crippen LogP contribution in [-0.2, 0) is 0 Å². The van der Waals surface area contributed by atoms with Gasteiger partial charge in [-0.05, 0) is 18.4 Å². The number of alkyl halides is 3. The third-order valence-corrected chi connectivity index (χ3v) is 3.92. The average molecular weight is 412 g/mol. The van der Waals surface area contributed by atoms with E-state index in [4.69, 9.17) is 23.2 Å². The first kappa shape index (κ1) is 19.6. The van der Waals surface area contributed by atoms with Gasteiger partial charge in [-0.3, -0.25) is 4.79 Å². The van der Waals surface area contributed by atoms with Crippen LogP contribution in [0.15, 0.2) is 29.6 Å². The van der Waals surface area contributed by atoms with Crippen molar-refractivity contribution < 1.29 is 22.7 Å². The second-order valence-corrected chi connectivity index (χ2v) is 6.12. The number of benzene rings is 1. The minimum absolute atomic E-state index is 0.117. The maximum absolute atomic E-state index is 12.4. The number of halogens is 5. The molecule has 0 aliphatic rings. The fourth-order valence-electron chi connectivity index (χ4n) is 1.66. The Labute approximate surface area is 154 Å². The van der Waals surface area contributed by atoms with E-state index in [2.05, 4.69) is 20.0 Å². The number of hydrogen-bond donors (Lipinski definition) is 1. The van der Waals surface area contributed by atoms with Gasteiger partial charge in [-0.1, -0.05) is 41.0 Å². The van der Waals surface area contributed by atoms with Crippen LogP contribution in [0.3, 0.4) is 0 Å².